The average molecular weight is 457 g/mol. The molecular weight excluding hydrogens is 428 g/mol. The van der Waals surface area contributed by atoms with Crippen molar-refractivity contribution in [3.05, 3.63) is 120 Å². The third kappa shape index (κ3) is 7.57. The summed E-state index contributed by atoms with van der Waals surface area (Å²) in [7, 11) is 0. The van der Waals surface area contributed by atoms with Gasteiger partial charge in [0.1, 0.15) is 55.5 Å². The Balaban J connectivity index is 1.20. The van der Waals surface area contributed by atoms with Gasteiger partial charge in [0.15, 0.2) is 0 Å². The molecule has 34 heavy (non-hydrogen) atoms. The number of ether oxygens (including phenoxy) is 4. The minimum atomic E-state index is -0.789. The van der Waals surface area contributed by atoms with Crippen molar-refractivity contribution in [3.63, 3.8) is 0 Å². The van der Waals surface area contributed by atoms with Crippen LogP contribution in [0.15, 0.2) is 109 Å². The molecule has 0 fully saturated rings. The van der Waals surface area contributed by atoms with E-state index in [9.17, 15) is 5.11 Å². The van der Waals surface area contributed by atoms with Crippen molar-refractivity contribution in [1.29, 1.82) is 0 Å². The molecule has 5 heteroatoms. The van der Waals surface area contributed by atoms with Crippen molar-refractivity contribution < 1.29 is 24.1 Å². The van der Waals surface area contributed by atoms with Gasteiger partial charge in [0.05, 0.1) is 0 Å². The van der Waals surface area contributed by atoms with Gasteiger partial charge in [-0.3, -0.25) is 0 Å². The molecule has 0 spiro atoms. The molecule has 4 rings (SSSR count). The number of benzene rings is 4. The summed E-state index contributed by atoms with van der Waals surface area (Å²) in [5.41, 5.74) is 2.19. The van der Waals surface area contributed by atoms with Crippen LogP contribution in [-0.4, -0.2) is 24.4 Å². The van der Waals surface area contributed by atoms with Gasteiger partial charge in [-0.1, -0.05) is 72.8 Å². The second kappa shape index (κ2) is 12.3. The Morgan fingerprint density at radius 3 is 1.26 bits per heavy atom. The van der Waals surface area contributed by atoms with Crippen LogP contribution in [0.2, 0.25) is 0 Å². The lowest BCUT2D eigenvalue weighted by atomic mass is 10.2. The Morgan fingerprint density at radius 1 is 0.471 bits per heavy atom. The number of hydrogen-bond acceptors (Lipinski definition) is 5. The zero-order valence-corrected chi connectivity index (χ0v) is 18.9. The van der Waals surface area contributed by atoms with Gasteiger partial charge in [-0.25, -0.2) is 0 Å². The Bertz CT molecular complexity index is 1040. The summed E-state index contributed by atoms with van der Waals surface area (Å²) in [6, 6.07) is 34.7. The molecule has 1 N–H and O–H groups in total. The van der Waals surface area contributed by atoms with Gasteiger partial charge in [0, 0.05) is 12.1 Å². The molecule has 0 aliphatic heterocycles. The fourth-order valence-corrected chi connectivity index (χ4v) is 3.22. The second-order valence-corrected chi connectivity index (χ2v) is 7.77. The molecule has 0 amide bonds. The van der Waals surface area contributed by atoms with E-state index in [4.69, 9.17) is 18.9 Å². The molecule has 0 aromatic heterocycles. The van der Waals surface area contributed by atoms with Gasteiger partial charge in [0.25, 0.3) is 0 Å². The van der Waals surface area contributed by atoms with E-state index >= 15 is 0 Å². The standard InChI is InChI=1S/C29H28O5/c30-25(21-33-28-15-7-13-26(17-28)31-19-23-9-3-1-4-10-23)22-34-29-16-8-14-27(18-29)32-20-24-11-5-2-6-12-24/h1-18,25,30H,19-22H2. The Kier molecular flexibility index (Phi) is 8.41. The van der Waals surface area contributed by atoms with E-state index in [2.05, 4.69) is 0 Å². The number of hydrogen-bond donors (Lipinski definition) is 1. The van der Waals surface area contributed by atoms with E-state index in [1.807, 2.05) is 109 Å². The Hall–Kier alpha value is -3.96. The lowest BCUT2D eigenvalue weighted by molar-refractivity contribution is 0.0624. The number of aliphatic hydroxyl groups excluding tert-OH is 1. The maximum Gasteiger partial charge on any atom is 0.123 e. The predicted octanol–water partition coefficient (Wildman–Crippen LogP) is 5.66. The van der Waals surface area contributed by atoms with Gasteiger partial charge in [-0.15, -0.1) is 0 Å². The first-order valence-electron chi connectivity index (χ1n) is 11.2. The van der Waals surface area contributed by atoms with E-state index in [1.54, 1.807) is 0 Å². The van der Waals surface area contributed by atoms with Crippen LogP contribution in [0, 0.1) is 0 Å². The van der Waals surface area contributed by atoms with Crippen molar-refractivity contribution in [3.8, 4) is 23.0 Å². The SMILES string of the molecule is OC(COc1cccc(OCc2ccccc2)c1)COc1cccc(OCc2ccccc2)c1. The lowest BCUT2D eigenvalue weighted by Gasteiger charge is -2.15. The first kappa shape index (κ1) is 23.2. The molecule has 0 unspecified atom stereocenters. The molecule has 0 saturated carbocycles. The first-order chi connectivity index (χ1) is 16.7. The van der Waals surface area contributed by atoms with Crippen LogP contribution in [0.1, 0.15) is 11.1 Å². The van der Waals surface area contributed by atoms with E-state index in [1.165, 1.54) is 0 Å². The largest absolute Gasteiger partial charge is 0.491 e. The zero-order valence-electron chi connectivity index (χ0n) is 18.9. The molecule has 4 aromatic carbocycles. The topological polar surface area (TPSA) is 57.2 Å². The Labute approximate surface area is 200 Å². The van der Waals surface area contributed by atoms with Crippen LogP contribution < -0.4 is 18.9 Å². The van der Waals surface area contributed by atoms with E-state index in [0.717, 1.165) is 11.1 Å². The third-order valence-electron chi connectivity index (χ3n) is 4.99. The third-order valence-corrected chi connectivity index (χ3v) is 4.99. The molecule has 0 heterocycles. The highest BCUT2D eigenvalue weighted by Crippen LogP contribution is 2.22. The average Bonchev–Trinajstić information content (AvgIpc) is 2.90. The first-order valence-corrected chi connectivity index (χ1v) is 11.2. The maximum absolute atomic E-state index is 10.3. The highest BCUT2D eigenvalue weighted by atomic mass is 16.5. The monoisotopic (exact) mass is 456 g/mol. The molecular formula is C29H28O5. The molecule has 4 aromatic rings. The van der Waals surface area contributed by atoms with Crippen molar-refractivity contribution in [2.45, 2.75) is 19.3 Å². The molecule has 174 valence electrons. The summed E-state index contributed by atoms with van der Waals surface area (Å²) in [6.45, 7) is 1.17. The second-order valence-electron chi connectivity index (χ2n) is 7.77. The molecule has 0 bridgehead atoms. The van der Waals surface area contributed by atoms with E-state index in [-0.39, 0.29) is 13.2 Å². The van der Waals surface area contributed by atoms with Crippen LogP contribution in [0.25, 0.3) is 0 Å². The van der Waals surface area contributed by atoms with Crippen LogP contribution >= 0.6 is 0 Å². The normalized spacial score (nSPS) is 10.6. The summed E-state index contributed by atoms with van der Waals surface area (Å²) in [5.74, 6) is 2.67. The van der Waals surface area contributed by atoms with Crippen molar-refractivity contribution in [2.75, 3.05) is 13.2 Å². The highest BCUT2D eigenvalue weighted by Gasteiger charge is 2.08. The van der Waals surface area contributed by atoms with Gasteiger partial charge >= 0.3 is 0 Å². The Morgan fingerprint density at radius 2 is 0.853 bits per heavy atom. The van der Waals surface area contributed by atoms with Crippen LogP contribution in [0.5, 0.6) is 23.0 Å². The van der Waals surface area contributed by atoms with Gasteiger partial charge in [0.2, 0.25) is 0 Å². The molecule has 0 saturated heterocycles. The molecule has 5 nitrogen and oxygen atoms in total. The van der Waals surface area contributed by atoms with Crippen LogP contribution in [0.4, 0.5) is 0 Å². The van der Waals surface area contributed by atoms with Crippen LogP contribution in [-0.2, 0) is 13.2 Å². The van der Waals surface area contributed by atoms with Crippen LogP contribution in [0.3, 0.4) is 0 Å². The van der Waals surface area contributed by atoms with E-state index < -0.39 is 6.10 Å². The minimum absolute atomic E-state index is 0.104. The zero-order chi connectivity index (χ0) is 23.4. The van der Waals surface area contributed by atoms with E-state index in [0.29, 0.717) is 36.2 Å². The van der Waals surface area contributed by atoms with Gasteiger partial charge < -0.3 is 24.1 Å². The molecule has 0 atom stereocenters. The molecule has 0 aliphatic rings. The minimum Gasteiger partial charge on any atom is -0.491 e. The summed E-state index contributed by atoms with van der Waals surface area (Å²) in [4.78, 5) is 0. The van der Waals surface area contributed by atoms with Gasteiger partial charge in [-0.05, 0) is 35.4 Å². The fraction of sp³-hybridized carbons (Fsp3) is 0.172. The lowest BCUT2D eigenvalue weighted by Crippen LogP contribution is -2.25. The fourth-order valence-electron chi connectivity index (χ4n) is 3.22. The number of rotatable bonds is 12. The quantitative estimate of drug-likeness (QED) is 0.298. The van der Waals surface area contributed by atoms with Crippen molar-refractivity contribution in [2.24, 2.45) is 0 Å². The predicted molar refractivity (Wildman–Crippen MR) is 131 cm³/mol. The summed E-state index contributed by atoms with van der Waals surface area (Å²) < 4.78 is 23.1. The van der Waals surface area contributed by atoms with Gasteiger partial charge in [-0.2, -0.15) is 0 Å². The summed E-state index contributed by atoms with van der Waals surface area (Å²) in [6.07, 6.45) is -0.789. The maximum atomic E-state index is 10.3. The summed E-state index contributed by atoms with van der Waals surface area (Å²) >= 11 is 0. The smallest absolute Gasteiger partial charge is 0.123 e. The highest BCUT2D eigenvalue weighted by molar-refractivity contribution is 5.34. The summed E-state index contributed by atoms with van der Waals surface area (Å²) in [5, 5.41) is 10.3. The van der Waals surface area contributed by atoms with Crippen molar-refractivity contribution in [1.82, 2.24) is 0 Å². The number of aliphatic hydroxyl groups is 1. The molecule has 0 aliphatic carbocycles. The van der Waals surface area contributed by atoms with Crippen molar-refractivity contribution >= 4 is 0 Å². The molecule has 0 radical (unpaired) electrons.